The first-order valence-electron chi connectivity index (χ1n) is 8.50. The van der Waals surface area contributed by atoms with Gasteiger partial charge in [0.25, 0.3) is 0 Å². The van der Waals surface area contributed by atoms with E-state index in [-0.39, 0.29) is 30.8 Å². The average molecular weight is 317 g/mol. The van der Waals surface area contributed by atoms with Gasteiger partial charge in [-0.2, -0.15) is 0 Å². The minimum Gasteiger partial charge on any atom is -0.462 e. The van der Waals surface area contributed by atoms with Gasteiger partial charge in [0.05, 0.1) is 6.42 Å². The van der Waals surface area contributed by atoms with Crippen molar-refractivity contribution >= 4 is 17.6 Å². The number of hydrogen-bond acceptors (Lipinski definition) is 3. The molecule has 0 bridgehead atoms. The maximum atomic E-state index is 11.9. The summed E-state index contributed by atoms with van der Waals surface area (Å²) in [6.07, 6.45) is 3.29. The lowest BCUT2D eigenvalue weighted by molar-refractivity contribution is -0.152. The number of aryl methyl sites for hydroxylation is 1. The van der Waals surface area contributed by atoms with Crippen LogP contribution in [0.2, 0.25) is 0 Å². The van der Waals surface area contributed by atoms with E-state index in [1.165, 1.54) is 0 Å². The van der Waals surface area contributed by atoms with E-state index in [4.69, 9.17) is 4.74 Å². The van der Waals surface area contributed by atoms with Crippen molar-refractivity contribution in [1.29, 1.82) is 0 Å². The van der Waals surface area contributed by atoms with Crippen LogP contribution in [0.15, 0.2) is 24.3 Å². The SMILES string of the molecule is Cc1ccc(NC(=O)CCC(=O)O[C@@H]2CC[C@H](C)[C@@H](C)C2)cc1. The molecule has 1 saturated carbocycles. The molecule has 126 valence electrons. The van der Waals surface area contributed by atoms with Crippen LogP contribution in [0.5, 0.6) is 0 Å². The van der Waals surface area contributed by atoms with E-state index >= 15 is 0 Å². The number of nitrogens with one attached hydrogen (secondary N) is 1. The van der Waals surface area contributed by atoms with Crippen molar-refractivity contribution in [1.82, 2.24) is 0 Å². The van der Waals surface area contributed by atoms with Crippen LogP contribution in [0.3, 0.4) is 0 Å². The van der Waals surface area contributed by atoms with Gasteiger partial charge in [0.1, 0.15) is 6.10 Å². The molecule has 1 aromatic carbocycles. The van der Waals surface area contributed by atoms with Gasteiger partial charge in [-0.25, -0.2) is 0 Å². The van der Waals surface area contributed by atoms with E-state index in [2.05, 4.69) is 19.2 Å². The van der Waals surface area contributed by atoms with Crippen LogP contribution in [0.1, 0.15) is 51.5 Å². The fourth-order valence-corrected chi connectivity index (χ4v) is 2.93. The van der Waals surface area contributed by atoms with Crippen molar-refractivity contribution < 1.29 is 14.3 Å². The highest BCUT2D eigenvalue weighted by Crippen LogP contribution is 2.31. The van der Waals surface area contributed by atoms with Gasteiger partial charge in [-0.3, -0.25) is 9.59 Å². The first kappa shape index (κ1) is 17.5. The van der Waals surface area contributed by atoms with Gasteiger partial charge in [-0.1, -0.05) is 31.5 Å². The van der Waals surface area contributed by atoms with Gasteiger partial charge >= 0.3 is 5.97 Å². The van der Waals surface area contributed by atoms with Crippen LogP contribution in [-0.4, -0.2) is 18.0 Å². The number of rotatable bonds is 5. The Morgan fingerprint density at radius 1 is 1.09 bits per heavy atom. The van der Waals surface area contributed by atoms with Crippen molar-refractivity contribution in [3.05, 3.63) is 29.8 Å². The van der Waals surface area contributed by atoms with E-state index in [1.54, 1.807) is 0 Å². The van der Waals surface area contributed by atoms with Gasteiger partial charge in [-0.15, -0.1) is 0 Å². The molecule has 0 heterocycles. The predicted octanol–water partition coefficient (Wildman–Crippen LogP) is 4.08. The standard InChI is InChI=1S/C19H27NO3/c1-13-4-7-16(8-5-13)20-18(21)10-11-19(22)23-17-9-6-14(2)15(3)12-17/h4-5,7-8,14-15,17H,6,9-12H2,1-3H3,(H,20,21)/t14-,15-,17+/m0/s1. The summed E-state index contributed by atoms with van der Waals surface area (Å²) in [4.78, 5) is 23.8. The van der Waals surface area contributed by atoms with Crippen molar-refractivity contribution in [3.63, 3.8) is 0 Å². The van der Waals surface area contributed by atoms with Crippen LogP contribution in [0.4, 0.5) is 5.69 Å². The molecular weight excluding hydrogens is 290 g/mol. The molecule has 0 spiro atoms. The Labute approximate surface area is 138 Å². The molecule has 1 aliphatic carbocycles. The fraction of sp³-hybridized carbons (Fsp3) is 0.579. The second-order valence-corrected chi connectivity index (χ2v) is 6.79. The molecule has 0 unspecified atom stereocenters. The molecule has 1 N–H and O–H groups in total. The van der Waals surface area contributed by atoms with Crippen LogP contribution < -0.4 is 5.32 Å². The highest BCUT2D eigenvalue weighted by molar-refractivity contribution is 5.92. The molecule has 4 nitrogen and oxygen atoms in total. The second-order valence-electron chi connectivity index (χ2n) is 6.79. The lowest BCUT2D eigenvalue weighted by atomic mass is 9.80. The summed E-state index contributed by atoms with van der Waals surface area (Å²) in [6, 6.07) is 7.59. The molecule has 1 amide bonds. The smallest absolute Gasteiger partial charge is 0.306 e. The zero-order chi connectivity index (χ0) is 16.8. The molecule has 1 aromatic rings. The summed E-state index contributed by atoms with van der Waals surface area (Å²) in [5, 5.41) is 2.79. The monoisotopic (exact) mass is 317 g/mol. The first-order valence-corrected chi connectivity index (χ1v) is 8.50. The number of ether oxygens (including phenoxy) is 1. The van der Waals surface area contributed by atoms with E-state index < -0.39 is 0 Å². The van der Waals surface area contributed by atoms with Crippen LogP contribution in [0.25, 0.3) is 0 Å². The third kappa shape index (κ3) is 5.70. The predicted molar refractivity (Wildman–Crippen MR) is 91.1 cm³/mol. The zero-order valence-corrected chi connectivity index (χ0v) is 14.3. The number of anilines is 1. The van der Waals surface area contributed by atoms with Gasteiger partial charge < -0.3 is 10.1 Å². The Morgan fingerprint density at radius 3 is 2.43 bits per heavy atom. The largest absolute Gasteiger partial charge is 0.462 e. The number of benzene rings is 1. The number of carbonyl (C=O) groups excluding carboxylic acids is 2. The Balaban J connectivity index is 1.69. The van der Waals surface area contributed by atoms with Crippen molar-refractivity contribution in [3.8, 4) is 0 Å². The van der Waals surface area contributed by atoms with Crippen molar-refractivity contribution in [2.45, 2.75) is 59.0 Å². The minimum atomic E-state index is -0.268. The van der Waals surface area contributed by atoms with Crippen LogP contribution in [0, 0.1) is 18.8 Å². The third-order valence-electron chi connectivity index (χ3n) is 4.74. The normalized spacial score (nSPS) is 24.0. The number of esters is 1. The molecule has 0 radical (unpaired) electrons. The molecule has 0 saturated heterocycles. The summed E-state index contributed by atoms with van der Waals surface area (Å²) >= 11 is 0. The molecule has 1 aliphatic rings. The maximum Gasteiger partial charge on any atom is 0.306 e. The summed E-state index contributed by atoms with van der Waals surface area (Å²) in [5.74, 6) is 0.865. The van der Waals surface area contributed by atoms with Crippen LogP contribution >= 0.6 is 0 Å². The summed E-state index contributed by atoms with van der Waals surface area (Å²) in [5.41, 5.74) is 1.90. The fourth-order valence-electron chi connectivity index (χ4n) is 2.93. The number of amides is 1. The Hall–Kier alpha value is -1.84. The quantitative estimate of drug-likeness (QED) is 0.832. The van der Waals surface area contributed by atoms with Crippen LogP contribution in [-0.2, 0) is 14.3 Å². The molecule has 4 heteroatoms. The number of carbonyl (C=O) groups is 2. The Morgan fingerprint density at radius 2 is 1.78 bits per heavy atom. The second kappa shape index (κ2) is 8.14. The molecule has 0 aromatic heterocycles. The lowest BCUT2D eigenvalue weighted by Gasteiger charge is -2.31. The topological polar surface area (TPSA) is 55.4 Å². The molecular formula is C19H27NO3. The van der Waals surface area contributed by atoms with E-state index in [0.717, 1.165) is 30.5 Å². The lowest BCUT2D eigenvalue weighted by Crippen LogP contribution is -2.29. The van der Waals surface area contributed by atoms with E-state index in [9.17, 15) is 9.59 Å². The molecule has 3 atom stereocenters. The van der Waals surface area contributed by atoms with Gasteiger partial charge in [0, 0.05) is 12.1 Å². The van der Waals surface area contributed by atoms with Gasteiger partial charge in [0.15, 0.2) is 0 Å². The molecule has 2 rings (SSSR count). The highest BCUT2D eigenvalue weighted by Gasteiger charge is 2.27. The third-order valence-corrected chi connectivity index (χ3v) is 4.74. The summed E-state index contributed by atoms with van der Waals surface area (Å²) in [6.45, 7) is 6.45. The van der Waals surface area contributed by atoms with Crippen molar-refractivity contribution in [2.75, 3.05) is 5.32 Å². The highest BCUT2D eigenvalue weighted by atomic mass is 16.5. The molecule has 23 heavy (non-hydrogen) atoms. The summed E-state index contributed by atoms with van der Waals surface area (Å²) in [7, 11) is 0. The maximum absolute atomic E-state index is 11.9. The Bertz CT molecular complexity index is 538. The average Bonchev–Trinajstić information content (AvgIpc) is 2.51. The first-order chi connectivity index (χ1) is 10.9. The van der Waals surface area contributed by atoms with Gasteiger partial charge in [-0.05, 0) is 50.2 Å². The molecule has 1 fully saturated rings. The minimum absolute atomic E-state index is 0.0221. The van der Waals surface area contributed by atoms with Gasteiger partial charge in [0.2, 0.25) is 5.91 Å². The molecule has 0 aliphatic heterocycles. The van der Waals surface area contributed by atoms with E-state index in [0.29, 0.717) is 11.8 Å². The Kier molecular flexibility index (Phi) is 6.20. The number of hydrogen-bond donors (Lipinski definition) is 1. The zero-order valence-electron chi connectivity index (χ0n) is 14.3. The summed E-state index contributed by atoms with van der Waals surface area (Å²) < 4.78 is 5.51. The van der Waals surface area contributed by atoms with Crippen molar-refractivity contribution in [2.24, 2.45) is 11.8 Å². The van der Waals surface area contributed by atoms with E-state index in [1.807, 2.05) is 31.2 Å².